The van der Waals surface area contributed by atoms with Crippen LogP contribution in [-0.4, -0.2) is 91.9 Å². The minimum absolute atomic E-state index is 0.00554. The molecule has 0 amide bonds. The van der Waals surface area contributed by atoms with Crippen LogP contribution < -0.4 is 13.1 Å². The molecule has 0 radical (unpaired) electrons. The Morgan fingerprint density at radius 3 is 1.97 bits per heavy atom. The predicted octanol–water partition coefficient (Wildman–Crippen LogP) is 1.45. The number of rotatable bonds is 9. The first-order chi connectivity index (χ1) is 18.1. The van der Waals surface area contributed by atoms with Gasteiger partial charge in [-0.15, -0.1) is 0 Å². The minimum atomic E-state index is -4.61. The van der Waals surface area contributed by atoms with Crippen molar-refractivity contribution in [3.63, 3.8) is 0 Å². The molecule has 12 nitrogen and oxygen atoms in total. The van der Waals surface area contributed by atoms with E-state index in [9.17, 15) is 29.6 Å². The summed E-state index contributed by atoms with van der Waals surface area (Å²) >= 11 is 0. The molecule has 1 aliphatic heterocycles. The molecule has 16 heteroatoms. The molecule has 0 unspecified atom stereocenters. The summed E-state index contributed by atoms with van der Waals surface area (Å²) in [6.07, 6.45) is 1.57. The van der Waals surface area contributed by atoms with Gasteiger partial charge in [0.1, 0.15) is 5.82 Å². The monoisotopic (exact) mass is 605 g/mol. The Labute approximate surface area is 226 Å². The SMILES string of the molecule is COc1ccc2c(c(CN3CCN(C)CC3)c(OS(C)(=O)=O)n2S(=O)(=O)c2ccc(F)cc2)c1OS(C)(=O)=O. The second-order valence-corrected chi connectivity index (χ2v) is 14.1. The van der Waals surface area contributed by atoms with Gasteiger partial charge in [0, 0.05) is 38.3 Å². The number of aromatic nitrogens is 1. The molecule has 0 N–H and O–H groups in total. The van der Waals surface area contributed by atoms with Gasteiger partial charge >= 0.3 is 20.2 Å². The summed E-state index contributed by atoms with van der Waals surface area (Å²) in [5.74, 6) is -1.60. The van der Waals surface area contributed by atoms with E-state index in [1.165, 1.54) is 19.2 Å². The van der Waals surface area contributed by atoms with Crippen LogP contribution in [0, 0.1) is 5.82 Å². The first kappa shape index (κ1) is 29.1. The van der Waals surface area contributed by atoms with Crippen LogP contribution in [0.25, 0.3) is 10.9 Å². The van der Waals surface area contributed by atoms with Crippen LogP contribution in [0.4, 0.5) is 4.39 Å². The Morgan fingerprint density at radius 2 is 1.44 bits per heavy atom. The van der Waals surface area contributed by atoms with Crippen molar-refractivity contribution in [3.05, 3.63) is 47.8 Å². The molecular formula is C23H28FN3O9S3. The molecule has 0 bridgehead atoms. The smallest absolute Gasteiger partial charge is 0.307 e. The standard InChI is InChI=1S/C23H28FN3O9S3/c1-25-11-13-26(14-12-25)15-18-21-19(9-10-20(34-2)22(21)35-37(3,28)29)27(23(18)36-38(4,30)31)39(32,33)17-7-5-16(24)6-8-17/h5-10H,11-15H2,1-4H3. The molecule has 214 valence electrons. The number of likely N-dealkylation sites (N-methyl/N-ethyl adjacent to an activating group) is 1. The lowest BCUT2D eigenvalue weighted by Crippen LogP contribution is -2.43. The molecule has 4 rings (SSSR count). The van der Waals surface area contributed by atoms with Gasteiger partial charge in [-0.3, -0.25) is 4.90 Å². The van der Waals surface area contributed by atoms with E-state index < -0.39 is 42.0 Å². The van der Waals surface area contributed by atoms with Crippen LogP contribution in [0.15, 0.2) is 41.3 Å². The maximum absolute atomic E-state index is 13.9. The van der Waals surface area contributed by atoms with E-state index in [1.807, 2.05) is 11.9 Å². The maximum Gasteiger partial charge on any atom is 0.307 e. The lowest BCUT2D eigenvalue weighted by atomic mass is 10.1. The summed E-state index contributed by atoms with van der Waals surface area (Å²) in [6.45, 7) is 2.47. The number of methoxy groups -OCH3 is 1. The number of ether oxygens (including phenoxy) is 1. The Morgan fingerprint density at radius 1 is 0.846 bits per heavy atom. The van der Waals surface area contributed by atoms with Crippen LogP contribution in [0.5, 0.6) is 17.4 Å². The fourth-order valence-corrected chi connectivity index (χ4v) is 6.75. The third-order valence-electron chi connectivity index (χ3n) is 6.08. The van der Waals surface area contributed by atoms with Crippen LogP contribution >= 0.6 is 0 Å². The van der Waals surface area contributed by atoms with E-state index in [1.54, 1.807) is 0 Å². The van der Waals surface area contributed by atoms with Crippen molar-refractivity contribution in [2.75, 3.05) is 52.8 Å². The highest BCUT2D eigenvalue weighted by molar-refractivity contribution is 7.90. The molecule has 0 aliphatic carbocycles. The van der Waals surface area contributed by atoms with Gasteiger partial charge in [-0.2, -0.15) is 16.8 Å². The van der Waals surface area contributed by atoms with Crippen LogP contribution in [0.1, 0.15) is 5.56 Å². The Bertz CT molecular complexity index is 1710. The van der Waals surface area contributed by atoms with E-state index in [0.29, 0.717) is 30.2 Å². The normalized spacial score (nSPS) is 15.9. The molecule has 0 atom stereocenters. The lowest BCUT2D eigenvalue weighted by molar-refractivity contribution is 0.148. The van der Waals surface area contributed by atoms with Gasteiger partial charge in [0.05, 0.1) is 35.4 Å². The Hall–Kier alpha value is -2.92. The Balaban J connectivity index is 2.12. The minimum Gasteiger partial charge on any atom is -0.493 e. The van der Waals surface area contributed by atoms with Crippen molar-refractivity contribution in [2.45, 2.75) is 11.4 Å². The van der Waals surface area contributed by atoms with Crippen LogP contribution in [-0.2, 0) is 36.8 Å². The summed E-state index contributed by atoms with van der Waals surface area (Å²) in [5.41, 5.74) is -0.0650. The average Bonchev–Trinajstić information content (AvgIpc) is 3.12. The largest absolute Gasteiger partial charge is 0.493 e. The van der Waals surface area contributed by atoms with E-state index >= 15 is 0 Å². The molecule has 1 aliphatic rings. The zero-order valence-corrected chi connectivity index (χ0v) is 24.1. The molecule has 39 heavy (non-hydrogen) atoms. The summed E-state index contributed by atoms with van der Waals surface area (Å²) in [6, 6.07) is 6.57. The molecule has 1 saturated heterocycles. The van der Waals surface area contributed by atoms with Gasteiger partial charge in [-0.05, 0) is 43.4 Å². The third kappa shape index (κ3) is 6.30. The predicted molar refractivity (Wildman–Crippen MR) is 141 cm³/mol. The summed E-state index contributed by atoms with van der Waals surface area (Å²) in [7, 11) is -9.83. The number of piperazine rings is 1. The average molecular weight is 606 g/mol. The number of nitrogens with zero attached hydrogens (tertiary/aromatic N) is 3. The first-order valence-electron chi connectivity index (χ1n) is 11.6. The molecule has 0 saturated carbocycles. The molecule has 2 heterocycles. The van der Waals surface area contributed by atoms with Gasteiger partial charge in [0.25, 0.3) is 10.0 Å². The highest BCUT2D eigenvalue weighted by atomic mass is 32.2. The number of fused-ring (bicyclic) bond motifs is 1. The topological polar surface area (TPSA) is 142 Å². The summed E-state index contributed by atoms with van der Waals surface area (Å²) in [4.78, 5) is 3.68. The summed E-state index contributed by atoms with van der Waals surface area (Å²) in [5, 5.41) is -0.0250. The zero-order valence-electron chi connectivity index (χ0n) is 21.6. The second-order valence-electron chi connectivity index (χ2n) is 9.15. The fourth-order valence-electron chi connectivity index (χ4n) is 4.30. The fraction of sp³-hybridized carbons (Fsp3) is 0.391. The first-order valence-corrected chi connectivity index (χ1v) is 16.6. The lowest BCUT2D eigenvalue weighted by Gasteiger charge is -2.32. The number of hydrogen-bond acceptors (Lipinski definition) is 11. The molecular weight excluding hydrogens is 577 g/mol. The highest BCUT2D eigenvalue weighted by Crippen LogP contribution is 2.46. The molecule has 1 aromatic heterocycles. The van der Waals surface area contributed by atoms with E-state index in [-0.39, 0.29) is 39.4 Å². The van der Waals surface area contributed by atoms with E-state index in [2.05, 4.69) is 4.90 Å². The van der Waals surface area contributed by atoms with Crippen LogP contribution in [0.2, 0.25) is 0 Å². The highest BCUT2D eigenvalue weighted by Gasteiger charge is 2.34. The van der Waals surface area contributed by atoms with Crippen molar-refractivity contribution in [1.82, 2.24) is 13.8 Å². The van der Waals surface area contributed by atoms with Crippen molar-refractivity contribution in [2.24, 2.45) is 0 Å². The van der Waals surface area contributed by atoms with Crippen molar-refractivity contribution < 1.29 is 42.7 Å². The van der Waals surface area contributed by atoms with Crippen molar-refractivity contribution >= 4 is 41.2 Å². The van der Waals surface area contributed by atoms with Gasteiger partial charge < -0.3 is 18.0 Å². The van der Waals surface area contributed by atoms with E-state index in [4.69, 9.17) is 13.1 Å². The number of benzene rings is 2. The second kappa shape index (κ2) is 10.6. The molecule has 0 spiro atoms. The number of halogens is 1. The maximum atomic E-state index is 13.9. The Kier molecular flexibility index (Phi) is 7.88. The quantitative estimate of drug-likeness (QED) is 0.327. The summed E-state index contributed by atoms with van der Waals surface area (Å²) < 4.78 is 107. The molecule has 3 aromatic rings. The van der Waals surface area contributed by atoms with E-state index in [0.717, 1.165) is 36.8 Å². The van der Waals surface area contributed by atoms with Gasteiger partial charge in [-0.25, -0.2) is 16.8 Å². The van der Waals surface area contributed by atoms with Gasteiger partial charge in [0.15, 0.2) is 11.5 Å². The van der Waals surface area contributed by atoms with Crippen LogP contribution in [0.3, 0.4) is 0 Å². The molecule has 2 aromatic carbocycles. The van der Waals surface area contributed by atoms with Gasteiger partial charge in [-0.1, -0.05) is 0 Å². The zero-order chi connectivity index (χ0) is 28.8. The van der Waals surface area contributed by atoms with Gasteiger partial charge in [0.2, 0.25) is 5.88 Å². The van der Waals surface area contributed by atoms with Crippen molar-refractivity contribution in [1.29, 1.82) is 0 Å². The molecule has 1 fully saturated rings. The van der Waals surface area contributed by atoms with Crippen molar-refractivity contribution in [3.8, 4) is 17.4 Å². The third-order valence-corrected chi connectivity index (χ3v) is 8.72. The number of hydrogen-bond donors (Lipinski definition) is 0.